The fourth-order valence-corrected chi connectivity index (χ4v) is 0.535. The molecule has 0 aliphatic carbocycles. The topological polar surface area (TPSA) is 32.3 Å². The molecule has 0 spiro atoms. The molecule has 2 nitrogen and oxygen atoms in total. The number of rotatable bonds is 4. The first-order chi connectivity index (χ1) is 4.22. The Balaban J connectivity index is 0. The van der Waals surface area contributed by atoms with E-state index in [-0.39, 0.29) is 25.4 Å². The first kappa shape index (κ1) is 12.7. The summed E-state index contributed by atoms with van der Waals surface area (Å²) in [6.07, 6.45) is -2.28. The van der Waals surface area contributed by atoms with E-state index in [0.717, 1.165) is 0 Å². The van der Waals surface area contributed by atoms with Gasteiger partial charge in [0.15, 0.2) is 0 Å². The van der Waals surface area contributed by atoms with Gasteiger partial charge in [-0.05, 0) is 13.5 Å². The van der Waals surface area contributed by atoms with Gasteiger partial charge >= 0.3 is 0 Å². The highest BCUT2D eigenvalue weighted by atomic mass is 35.5. The zero-order valence-electron chi connectivity index (χ0n) is 5.68. The zero-order valence-corrected chi connectivity index (χ0v) is 6.50. The molecule has 0 aliphatic heterocycles. The normalized spacial score (nSPS) is 12.9. The predicted octanol–water partition coefficient (Wildman–Crippen LogP) is 0.644. The maximum Gasteiger partial charge on any atom is 0.253 e. The van der Waals surface area contributed by atoms with Gasteiger partial charge < -0.3 is 10.4 Å². The van der Waals surface area contributed by atoms with Gasteiger partial charge in [-0.15, -0.1) is 12.4 Å². The lowest BCUT2D eigenvalue weighted by molar-refractivity contribution is 0.0873. The summed E-state index contributed by atoms with van der Waals surface area (Å²) < 4.78 is 23.4. The average Bonchev–Trinajstić information content (AvgIpc) is 1.82. The van der Waals surface area contributed by atoms with Gasteiger partial charge in [0.2, 0.25) is 0 Å². The first-order valence-electron chi connectivity index (χ1n) is 2.78. The minimum Gasteiger partial charge on any atom is -0.396 e. The van der Waals surface area contributed by atoms with E-state index in [1.807, 2.05) is 0 Å². The van der Waals surface area contributed by atoms with Gasteiger partial charge in [0.1, 0.15) is 0 Å². The first-order valence-corrected chi connectivity index (χ1v) is 2.78. The van der Waals surface area contributed by atoms with Crippen LogP contribution >= 0.6 is 12.4 Å². The van der Waals surface area contributed by atoms with Crippen LogP contribution in [-0.4, -0.2) is 31.2 Å². The van der Waals surface area contributed by atoms with Gasteiger partial charge in [-0.1, -0.05) is 0 Å². The van der Waals surface area contributed by atoms with Crippen LogP contribution in [0.3, 0.4) is 0 Å². The molecular formula is C5H12ClF2NO. The molecule has 0 saturated carbocycles. The molecule has 0 fully saturated rings. The Bertz CT molecular complexity index is 74.7. The van der Waals surface area contributed by atoms with Crippen molar-refractivity contribution in [1.29, 1.82) is 0 Å². The standard InChI is InChI=1S/C5H11F2NO.ClH/c1-8-4(2-3-9)5(6)7;/h4-5,8-9H,2-3H2,1H3;1H. The second kappa shape index (κ2) is 7.18. The lowest BCUT2D eigenvalue weighted by atomic mass is 10.2. The van der Waals surface area contributed by atoms with E-state index in [4.69, 9.17) is 5.11 Å². The van der Waals surface area contributed by atoms with Crippen LogP contribution < -0.4 is 5.32 Å². The van der Waals surface area contributed by atoms with E-state index in [1.54, 1.807) is 0 Å². The van der Waals surface area contributed by atoms with Crippen LogP contribution in [0.4, 0.5) is 8.78 Å². The highest BCUT2D eigenvalue weighted by molar-refractivity contribution is 5.85. The molecule has 0 rings (SSSR count). The fraction of sp³-hybridized carbons (Fsp3) is 1.00. The van der Waals surface area contributed by atoms with Gasteiger partial charge in [-0.3, -0.25) is 0 Å². The fourth-order valence-electron chi connectivity index (χ4n) is 0.535. The van der Waals surface area contributed by atoms with Crippen LogP contribution in [0.1, 0.15) is 6.42 Å². The predicted molar refractivity (Wildman–Crippen MR) is 37.8 cm³/mol. The van der Waals surface area contributed by atoms with Crippen LogP contribution in [0.5, 0.6) is 0 Å². The lowest BCUT2D eigenvalue weighted by Crippen LogP contribution is -2.33. The largest absolute Gasteiger partial charge is 0.396 e. The highest BCUT2D eigenvalue weighted by Crippen LogP contribution is 2.02. The van der Waals surface area contributed by atoms with Gasteiger partial charge in [-0.25, -0.2) is 8.78 Å². The lowest BCUT2D eigenvalue weighted by Gasteiger charge is -2.12. The van der Waals surface area contributed by atoms with E-state index >= 15 is 0 Å². The van der Waals surface area contributed by atoms with Crippen molar-refractivity contribution in [2.75, 3.05) is 13.7 Å². The van der Waals surface area contributed by atoms with Gasteiger partial charge in [-0.2, -0.15) is 0 Å². The summed E-state index contributed by atoms with van der Waals surface area (Å²) in [5.41, 5.74) is 0. The quantitative estimate of drug-likeness (QED) is 0.658. The van der Waals surface area contributed by atoms with Crippen LogP contribution in [0.2, 0.25) is 0 Å². The van der Waals surface area contributed by atoms with Crippen molar-refractivity contribution in [2.24, 2.45) is 0 Å². The van der Waals surface area contributed by atoms with Crippen molar-refractivity contribution in [1.82, 2.24) is 5.32 Å². The molecule has 0 heterocycles. The third kappa shape index (κ3) is 4.90. The number of alkyl halides is 2. The average molecular weight is 176 g/mol. The molecule has 64 valence electrons. The summed E-state index contributed by atoms with van der Waals surface area (Å²) in [5.74, 6) is 0. The molecular weight excluding hydrogens is 164 g/mol. The molecule has 0 aromatic rings. The van der Waals surface area contributed by atoms with E-state index < -0.39 is 12.5 Å². The summed E-state index contributed by atoms with van der Waals surface area (Å²) >= 11 is 0. The smallest absolute Gasteiger partial charge is 0.253 e. The van der Waals surface area contributed by atoms with E-state index in [0.29, 0.717) is 0 Å². The van der Waals surface area contributed by atoms with Crippen LogP contribution in [0.25, 0.3) is 0 Å². The Hall–Kier alpha value is 0.0700. The number of hydrogen-bond acceptors (Lipinski definition) is 2. The van der Waals surface area contributed by atoms with E-state index in [9.17, 15) is 8.78 Å². The molecule has 10 heavy (non-hydrogen) atoms. The molecule has 1 unspecified atom stereocenters. The SMILES string of the molecule is CNC(CCO)C(F)F.Cl. The monoisotopic (exact) mass is 175 g/mol. The Kier molecular flexibility index (Phi) is 9.13. The number of aliphatic hydroxyl groups excluding tert-OH is 1. The zero-order chi connectivity index (χ0) is 7.28. The Morgan fingerprint density at radius 2 is 2.00 bits per heavy atom. The molecule has 0 radical (unpaired) electrons. The maximum absolute atomic E-state index is 11.7. The van der Waals surface area contributed by atoms with Crippen molar-refractivity contribution in [3.05, 3.63) is 0 Å². The van der Waals surface area contributed by atoms with Crippen molar-refractivity contribution in [3.8, 4) is 0 Å². The van der Waals surface area contributed by atoms with Crippen molar-refractivity contribution in [2.45, 2.75) is 18.9 Å². The minimum atomic E-state index is -2.39. The number of aliphatic hydroxyl groups is 1. The van der Waals surface area contributed by atoms with Gasteiger partial charge in [0.05, 0.1) is 6.04 Å². The van der Waals surface area contributed by atoms with E-state index in [2.05, 4.69) is 5.32 Å². The summed E-state index contributed by atoms with van der Waals surface area (Å²) in [4.78, 5) is 0. The molecule has 2 N–H and O–H groups in total. The Morgan fingerprint density at radius 1 is 1.50 bits per heavy atom. The Morgan fingerprint density at radius 3 is 2.10 bits per heavy atom. The molecule has 0 amide bonds. The number of nitrogens with one attached hydrogen (secondary N) is 1. The minimum absolute atomic E-state index is 0. The molecule has 0 bridgehead atoms. The van der Waals surface area contributed by atoms with Crippen LogP contribution in [0.15, 0.2) is 0 Å². The highest BCUT2D eigenvalue weighted by Gasteiger charge is 2.16. The Labute approximate surface area is 65.0 Å². The van der Waals surface area contributed by atoms with Crippen LogP contribution in [0, 0.1) is 0 Å². The van der Waals surface area contributed by atoms with Crippen molar-refractivity contribution >= 4 is 12.4 Å². The van der Waals surface area contributed by atoms with Crippen molar-refractivity contribution in [3.63, 3.8) is 0 Å². The second-order valence-corrected chi connectivity index (χ2v) is 1.74. The maximum atomic E-state index is 11.7. The second-order valence-electron chi connectivity index (χ2n) is 1.74. The third-order valence-electron chi connectivity index (χ3n) is 1.12. The van der Waals surface area contributed by atoms with Crippen LogP contribution in [-0.2, 0) is 0 Å². The summed E-state index contributed by atoms with van der Waals surface area (Å²) in [5, 5.41) is 10.6. The molecule has 0 aromatic heterocycles. The van der Waals surface area contributed by atoms with Crippen molar-refractivity contribution < 1.29 is 13.9 Å². The molecule has 1 atom stereocenters. The number of halogens is 3. The summed E-state index contributed by atoms with van der Waals surface area (Å²) in [6, 6.07) is -0.866. The molecule has 0 aliphatic rings. The van der Waals surface area contributed by atoms with E-state index in [1.165, 1.54) is 7.05 Å². The van der Waals surface area contributed by atoms with Gasteiger partial charge in [0.25, 0.3) is 6.43 Å². The summed E-state index contributed by atoms with van der Waals surface area (Å²) in [7, 11) is 1.45. The third-order valence-corrected chi connectivity index (χ3v) is 1.12. The molecule has 5 heteroatoms. The molecule has 0 saturated heterocycles. The van der Waals surface area contributed by atoms with Gasteiger partial charge in [0, 0.05) is 6.61 Å². The summed E-state index contributed by atoms with van der Waals surface area (Å²) in [6.45, 7) is -0.199. The number of hydrogen-bond donors (Lipinski definition) is 2. The molecule has 0 aromatic carbocycles.